The van der Waals surface area contributed by atoms with Crippen LogP contribution in [0.1, 0.15) is 24.1 Å². The Morgan fingerprint density at radius 2 is 1.76 bits per heavy atom. The van der Waals surface area contributed by atoms with Gasteiger partial charge in [0.1, 0.15) is 0 Å². The predicted molar refractivity (Wildman–Crippen MR) is 127 cm³/mol. The van der Waals surface area contributed by atoms with Crippen LogP contribution in [0.5, 0.6) is 17.2 Å². The van der Waals surface area contributed by atoms with Crippen LogP contribution in [-0.2, 0) is 16.1 Å². The molecule has 1 heterocycles. The van der Waals surface area contributed by atoms with Gasteiger partial charge in [-0.1, -0.05) is 23.7 Å². The van der Waals surface area contributed by atoms with E-state index in [0.717, 1.165) is 16.8 Å². The molecule has 1 aliphatic heterocycles. The van der Waals surface area contributed by atoms with Crippen molar-refractivity contribution in [3.05, 3.63) is 63.8 Å². The smallest absolute Gasteiger partial charge is 0.337 e. The van der Waals surface area contributed by atoms with Crippen LogP contribution < -0.4 is 19.5 Å². The molecule has 0 amide bonds. The molecule has 1 aliphatic rings. The third-order valence-electron chi connectivity index (χ3n) is 5.50. The molecule has 0 fully saturated rings. The summed E-state index contributed by atoms with van der Waals surface area (Å²) >= 11 is 6.22. The summed E-state index contributed by atoms with van der Waals surface area (Å²) in [5.74, 6) is 1.81. The largest absolute Gasteiger partial charge is 0.493 e. The molecule has 1 N–H and O–H groups in total. The average Bonchev–Trinajstić information content (AvgIpc) is 2.83. The summed E-state index contributed by atoms with van der Waals surface area (Å²) in [6.07, 6.45) is 0. The molecule has 0 aromatic heterocycles. The monoisotopic (exact) mass is 473 g/mol. The number of methoxy groups -OCH3 is 4. The molecule has 0 radical (unpaired) electrons. The van der Waals surface area contributed by atoms with Gasteiger partial charge in [0.25, 0.3) is 0 Å². The number of hydrogen-bond donors (Lipinski definition) is 1. The minimum Gasteiger partial charge on any atom is -0.493 e. The second kappa shape index (κ2) is 10.5. The Bertz CT molecular complexity index is 1070. The Labute approximate surface area is 198 Å². The fourth-order valence-electron chi connectivity index (χ4n) is 3.70. The number of guanidine groups is 1. The van der Waals surface area contributed by atoms with Gasteiger partial charge in [-0.15, -0.1) is 0 Å². The van der Waals surface area contributed by atoms with Gasteiger partial charge < -0.3 is 29.2 Å². The molecule has 176 valence electrons. The second-order valence-electron chi connectivity index (χ2n) is 7.36. The molecular weight excluding hydrogens is 446 g/mol. The van der Waals surface area contributed by atoms with Crippen LogP contribution in [0.25, 0.3) is 0 Å². The average molecular weight is 474 g/mol. The first kappa shape index (κ1) is 24.3. The molecule has 0 saturated carbocycles. The van der Waals surface area contributed by atoms with Crippen molar-refractivity contribution in [1.29, 1.82) is 0 Å². The van der Waals surface area contributed by atoms with Crippen molar-refractivity contribution in [2.75, 3.05) is 35.5 Å². The van der Waals surface area contributed by atoms with E-state index in [0.29, 0.717) is 40.3 Å². The summed E-state index contributed by atoms with van der Waals surface area (Å²) in [7, 11) is 7.91. The molecule has 1 unspecified atom stereocenters. The maximum atomic E-state index is 12.6. The van der Waals surface area contributed by atoms with Crippen molar-refractivity contribution in [2.24, 2.45) is 4.99 Å². The highest BCUT2D eigenvalue weighted by Crippen LogP contribution is 2.38. The van der Waals surface area contributed by atoms with E-state index in [1.165, 1.54) is 7.11 Å². The van der Waals surface area contributed by atoms with Gasteiger partial charge in [-0.05, 0) is 42.3 Å². The molecule has 0 saturated heterocycles. The van der Waals surface area contributed by atoms with Gasteiger partial charge in [-0.2, -0.15) is 0 Å². The summed E-state index contributed by atoms with van der Waals surface area (Å²) in [6, 6.07) is 10.6. The van der Waals surface area contributed by atoms with E-state index in [1.54, 1.807) is 27.4 Å². The number of nitrogens with zero attached hydrogens (tertiary/aromatic N) is 2. The second-order valence-corrected chi connectivity index (χ2v) is 7.79. The van der Waals surface area contributed by atoms with E-state index in [-0.39, 0.29) is 0 Å². The Balaban J connectivity index is 2.00. The number of nitrogens with one attached hydrogen (secondary N) is 1. The topological polar surface area (TPSA) is 81.6 Å². The van der Waals surface area contributed by atoms with Gasteiger partial charge in [0, 0.05) is 17.8 Å². The number of ether oxygens (including phenoxy) is 4. The minimum absolute atomic E-state index is 0.340. The van der Waals surface area contributed by atoms with E-state index < -0.39 is 12.0 Å². The van der Waals surface area contributed by atoms with Gasteiger partial charge in [-0.3, -0.25) is 0 Å². The molecule has 0 bridgehead atoms. The predicted octanol–water partition coefficient (Wildman–Crippen LogP) is 3.95. The lowest BCUT2D eigenvalue weighted by Gasteiger charge is -2.36. The Morgan fingerprint density at radius 3 is 2.30 bits per heavy atom. The number of esters is 1. The van der Waals surface area contributed by atoms with E-state index in [2.05, 4.69) is 5.32 Å². The summed E-state index contributed by atoms with van der Waals surface area (Å²) < 4.78 is 21.3. The highest BCUT2D eigenvalue weighted by molar-refractivity contribution is 6.30. The summed E-state index contributed by atoms with van der Waals surface area (Å²) in [4.78, 5) is 19.2. The number of halogens is 1. The van der Waals surface area contributed by atoms with Crippen molar-refractivity contribution in [1.82, 2.24) is 10.2 Å². The number of rotatable bonds is 7. The maximum Gasteiger partial charge on any atom is 0.337 e. The van der Waals surface area contributed by atoms with Gasteiger partial charge in [0.15, 0.2) is 17.5 Å². The van der Waals surface area contributed by atoms with Crippen molar-refractivity contribution < 1.29 is 23.7 Å². The first-order valence-corrected chi connectivity index (χ1v) is 10.6. The third-order valence-corrected chi connectivity index (χ3v) is 5.73. The quantitative estimate of drug-likeness (QED) is 0.610. The van der Waals surface area contributed by atoms with E-state index in [4.69, 9.17) is 35.5 Å². The summed E-state index contributed by atoms with van der Waals surface area (Å²) in [5.41, 5.74) is 2.92. The normalized spacial score (nSPS) is 17.0. The lowest BCUT2D eigenvalue weighted by atomic mass is 9.95. The first-order valence-electron chi connectivity index (χ1n) is 10.2. The number of benzene rings is 2. The summed E-state index contributed by atoms with van der Waals surface area (Å²) in [6.45, 7) is 2.20. The SMILES string of the molecule is COC(=O)C1=C(C)N(C)C(=NCc2cc(OC)c(OC)c(OC)c2)NC1c1cccc(Cl)c1. The number of hydrogen-bond acceptors (Lipinski definition) is 6. The van der Waals surface area contributed by atoms with Crippen LogP contribution >= 0.6 is 11.6 Å². The van der Waals surface area contributed by atoms with Crippen LogP contribution in [0.15, 0.2) is 52.7 Å². The highest BCUT2D eigenvalue weighted by Gasteiger charge is 2.33. The van der Waals surface area contributed by atoms with Crippen LogP contribution in [-0.4, -0.2) is 52.3 Å². The third kappa shape index (κ3) is 5.01. The molecule has 0 aliphatic carbocycles. The lowest BCUT2D eigenvalue weighted by molar-refractivity contribution is -0.136. The molecule has 33 heavy (non-hydrogen) atoms. The number of aliphatic imine (C=N–C) groups is 1. The Hall–Kier alpha value is -3.39. The maximum absolute atomic E-state index is 12.6. The molecule has 2 aromatic carbocycles. The van der Waals surface area contributed by atoms with Crippen LogP contribution in [0, 0.1) is 0 Å². The van der Waals surface area contributed by atoms with Gasteiger partial charge in [-0.25, -0.2) is 9.79 Å². The molecule has 9 heteroatoms. The minimum atomic E-state index is -0.467. The van der Waals surface area contributed by atoms with Gasteiger partial charge in [0.2, 0.25) is 5.75 Å². The molecule has 8 nitrogen and oxygen atoms in total. The van der Waals surface area contributed by atoms with Gasteiger partial charge >= 0.3 is 5.97 Å². The standard InChI is InChI=1S/C24H28ClN3O5/c1-14-20(23(29)33-6)21(16-8-7-9-17(25)12-16)27-24(28(14)2)26-13-15-10-18(30-3)22(32-5)19(11-15)31-4/h7-12,21H,13H2,1-6H3,(H,26,27). The summed E-state index contributed by atoms with van der Waals surface area (Å²) in [5, 5.41) is 3.94. The fraction of sp³-hybridized carbons (Fsp3) is 0.333. The highest BCUT2D eigenvalue weighted by atomic mass is 35.5. The van der Waals surface area contributed by atoms with E-state index >= 15 is 0 Å². The van der Waals surface area contributed by atoms with Crippen molar-refractivity contribution >= 4 is 23.5 Å². The van der Waals surface area contributed by atoms with E-state index in [9.17, 15) is 4.79 Å². The molecule has 0 spiro atoms. The number of carbonyl (C=O) groups is 1. The number of allylic oxidation sites excluding steroid dienone is 1. The zero-order valence-electron chi connectivity index (χ0n) is 19.6. The molecular formula is C24H28ClN3O5. The first-order chi connectivity index (χ1) is 15.8. The van der Waals surface area contributed by atoms with Crippen LogP contribution in [0.4, 0.5) is 0 Å². The number of carbonyl (C=O) groups excluding carboxylic acids is 1. The lowest BCUT2D eigenvalue weighted by Crippen LogP contribution is -2.47. The van der Waals surface area contributed by atoms with E-state index in [1.807, 2.05) is 49.2 Å². The van der Waals surface area contributed by atoms with Gasteiger partial charge in [0.05, 0.1) is 46.6 Å². The Morgan fingerprint density at radius 1 is 1.09 bits per heavy atom. The van der Waals surface area contributed by atoms with Crippen molar-refractivity contribution in [3.8, 4) is 17.2 Å². The fourth-order valence-corrected chi connectivity index (χ4v) is 3.90. The Kier molecular flexibility index (Phi) is 7.71. The zero-order chi connectivity index (χ0) is 24.1. The molecule has 3 rings (SSSR count). The van der Waals surface area contributed by atoms with Crippen LogP contribution in [0.2, 0.25) is 5.02 Å². The molecule has 1 atom stereocenters. The van der Waals surface area contributed by atoms with Crippen LogP contribution in [0.3, 0.4) is 0 Å². The van der Waals surface area contributed by atoms with Crippen molar-refractivity contribution in [2.45, 2.75) is 19.5 Å². The molecule has 2 aromatic rings. The van der Waals surface area contributed by atoms with Crippen molar-refractivity contribution in [3.63, 3.8) is 0 Å². The zero-order valence-corrected chi connectivity index (χ0v) is 20.3.